The summed E-state index contributed by atoms with van der Waals surface area (Å²) in [6, 6.07) is 4.08. The average molecular weight is 195 g/mol. The Balaban J connectivity index is 2.55. The van der Waals surface area contributed by atoms with Gasteiger partial charge in [-0.2, -0.15) is 0 Å². The molecule has 0 fully saturated rings. The Morgan fingerprint density at radius 2 is 2.29 bits per heavy atom. The zero-order chi connectivity index (χ0) is 10.6. The molecule has 1 aromatic rings. The van der Waals surface area contributed by atoms with E-state index in [0.29, 0.717) is 11.8 Å². The van der Waals surface area contributed by atoms with Crippen LogP contribution in [0.15, 0.2) is 16.5 Å². The summed E-state index contributed by atoms with van der Waals surface area (Å²) < 4.78 is 5.29. The summed E-state index contributed by atoms with van der Waals surface area (Å²) >= 11 is 0. The second kappa shape index (κ2) is 4.96. The molecule has 3 heteroatoms. The van der Waals surface area contributed by atoms with Crippen molar-refractivity contribution in [1.29, 1.82) is 0 Å². The molecule has 0 saturated heterocycles. The molecule has 0 aliphatic heterocycles. The lowest BCUT2D eigenvalue weighted by molar-refractivity contribution is 0.109. The number of aldehydes is 1. The lowest BCUT2D eigenvalue weighted by atomic mass is 10.2. The maximum absolute atomic E-state index is 10.4. The van der Waals surface area contributed by atoms with Crippen LogP contribution in [-0.4, -0.2) is 24.3 Å². The normalized spacial score (nSPS) is 13.1. The summed E-state index contributed by atoms with van der Waals surface area (Å²) in [5, 5.41) is 0. The summed E-state index contributed by atoms with van der Waals surface area (Å²) in [7, 11) is 2.05. The topological polar surface area (TPSA) is 33.5 Å². The van der Waals surface area contributed by atoms with Crippen molar-refractivity contribution in [2.24, 2.45) is 0 Å². The third-order valence-electron chi connectivity index (χ3n) is 2.55. The van der Waals surface area contributed by atoms with Gasteiger partial charge in [0.1, 0.15) is 5.76 Å². The largest absolute Gasteiger partial charge is 0.457 e. The molecule has 0 bridgehead atoms. The van der Waals surface area contributed by atoms with E-state index in [1.165, 1.54) is 0 Å². The molecular formula is C11H17NO2. The number of hydrogen-bond acceptors (Lipinski definition) is 3. The smallest absolute Gasteiger partial charge is 0.185 e. The van der Waals surface area contributed by atoms with Crippen LogP contribution in [0.3, 0.4) is 0 Å². The fourth-order valence-corrected chi connectivity index (χ4v) is 1.26. The van der Waals surface area contributed by atoms with E-state index in [4.69, 9.17) is 4.42 Å². The second-order valence-corrected chi connectivity index (χ2v) is 3.59. The molecule has 0 N–H and O–H groups in total. The lowest BCUT2D eigenvalue weighted by Gasteiger charge is -2.21. The number of furan rings is 1. The molecule has 0 radical (unpaired) electrons. The average Bonchev–Trinajstić information content (AvgIpc) is 2.64. The van der Waals surface area contributed by atoms with Crippen molar-refractivity contribution in [3.63, 3.8) is 0 Å². The number of nitrogens with zero attached hydrogens (tertiary/aromatic N) is 1. The third-order valence-corrected chi connectivity index (χ3v) is 2.55. The summed E-state index contributed by atoms with van der Waals surface area (Å²) in [5.41, 5.74) is 0. The highest BCUT2D eigenvalue weighted by atomic mass is 16.3. The molecule has 14 heavy (non-hydrogen) atoms. The Hall–Kier alpha value is -1.09. The Morgan fingerprint density at radius 1 is 1.57 bits per heavy atom. The van der Waals surface area contributed by atoms with Gasteiger partial charge in [-0.1, -0.05) is 6.92 Å². The van der Waals surface area contributed by atoms with Gasteiger partial charge in [-0.05, 0) is 32.5 Å². The predicted octanol–water partition coefficient (Wildman–Crippen LogP) is 2.32. The Morgan fingerprint density at radius 3 is 2.79 bits per heavy atom. The number of hydrogen-bond donors (Lipinski definition) is 0. The first-order valence-electron chi connectivity index (χ1n) is 4.91. The van der Waals surface area contributed by atoms with E-state index >= 15 is 0 Å². The number of rotatable bonds is 5. The zero-order valence-corrected chi connectivity index (χ0v) is 8.99. The van der Waals surface area contributed by atoms with Gasteiger partial charge in [-0.25, -0.2) is 0 Å². The summed E-state index contributed by atoms with van der Waals surface area (Å²) in [5.74, 6) is 1.24. The van der Waals surface area contributed by atoms with Crippen molar-refractivity contribution in [1.82, 2.24) is 4.90 Å². The number of carbonyl (C=O) groups is 1. The lowest BCUT2D eigenvalue weighted by Crippen LogP contribution is -2.27. The van der Waals surface area contributed by atoms with Crippen molar-refractivity contribution in [2.75, 3.05) is 7.05 Å². The molecule has 78 valence electrons. The second-order valence-electron chi connectivity index (χ2n) is 3.59. The van der Waals surface area contributed by atoms with Gasteiger partial charge < -0.3 is 4.42 Å². The molecule has 1 unspecified atom stereocenters. The molecule has 0 aromatic carbocycles. The van der Waals surface area contributed by atoms with Crippen LogP contribution in [-0.2, 0) is 6.54 Å². The van der Waals surface area contributed by atoms with Crippen LogP contribution in [0.2, 0.25) is 0 Å². The van der Waals surface area contributed by atoms with Crippen molar-refractivity contribution in [3.05, 3.63) is 23.7 Å². The molecule has 1 heterocycles. The minimum absolute atomic E-state index is 0.401. The van der Waals surface area contributed by atoms with Crippen molar-refractivity contribution in [2.45, 2.75) is 32.9 Å². The van der Waals surface area contributed by atoms with Gasteiger partial charge in [0, 0.05) is 6.04 Å². The van der Waals surface area contributed by atoms with E-state index in [2.05, 4.69) is 25.8 Å². The molecule has 1 aromatic heterocycles. The van der Waals surface area contributed by atoms with Crippen LogP contribution in [0.5, 0.6) is 0 Å². The highest BCUT2D eigenvalue weighted by molar-refractivity contribution is 5.70. The van der Waals surface area contributed by atoms with Gasteiger partial charge in [0.25, 0.3) is 0 Å². The maximum atomic E-state index is 10.4. The van der Waals surface area contributed by atoms with Gasteiger partial charge in [0.15, 0.2) is 12.0 Å². The summed E-state index contributed by atoms with van der Waals surface area (Å²) in [6.45, 7) is 5.08. The first-order chi connectivity index (χ1) is 6.67. The van der Waals surface area contributed by atoms with Crippen LogP contribution in [0.1, 0.15) is 36.6 Å². The van der Waals surface area contributed by atoms with E-state index in [1.807, 2.05) is 6.07 Å². The number of carbonyl (C=O) groups excluding carboxylic acids is 1. The van der Waals surface area contributed by atoms with Gasteiger partial charge in [-0.3, -0.25) is 9.69 Å². The van der Waals surface area contributed by atoms with E-state index in [1.54, 1.807) is 6.07 Å². The third kappa shape index (κ3) is 2.70. The van der Waals surface area contributed by atoms with Crippen LogP contribution in [0, 0.1) is 0 Å². The molecule has 1 rings (SSSR count). The predicted molar refractivity (Wildman–Crippen MR) is 55.3 cm³/mol. The highest BCUT2D eigenvalue weighted by Crippen LogP contribution is 2.10. The minimum Gasteiger partial charge on any atom is -0.457 e. The highest BCUT2D eigenvalue weighted by Gasteiger charge is 2.09. The Kier molecular flexibility index (Phi) is 3.89. The SMILES string of the molecule is CCC(C)N(C)Cc1ccc(C=O)o1. The van der Waals surface area contributed by atoms with E-state index in [0.717, 1.165) is 25.0 Å². The van der Waals surface area contributed by atoms with Crippen LogP contribution >= 0.6 is 0 Å². The van der Waals surface area contributed by atoms with Crippen LogP contribution in [0.25, 0.3) is 0 Å². The molecule has 3 nitrogen and oxygen atoms in total. The molecule has 0 spiro atoms. The molecule has 1 atom stereocenters. The molecule has 0 saturated carbocycles. The summed E-state index contributed by atoms with van der Waals surface area (Å²) in [4.78, 5) is 12.6. The zero-order valence-electron chi connectivity index (χ0n) is 8.99. The fourth-order valence-electron chi connectivity index (χ4n) is 1.26. The Bertz CT molecular complexity index is 293. The Labute approximate surface area is 84.7 Å². The molecular weight excluding hydrogens is 178 g/mol. The van der Waals surface area contributed by atoms with Crippen LogP contribution < -0.4 is 0 Å². The van der Waals surface area contributed by atoms with Crippen molar-refractivity contribution >= 4 is 6.29 Å². The monoisotopic (exact) mass is 195 g/mol. The van der Waals surface area contributed by atoms with Gasteiger partial charge in [-0.15, -0.1) is 0 Å². The molecule has 0 aliphatic carbocycles. The minimum atomic E-state index is 0.401. The van der Waals surface area contributed by atoms with Gasteiger partial charge in [0.05, 0.1) is 6.54 Å². The summed E-state index contributed by atoms with van der Waals surface area (Å²) in [6.07, 6.45) is 1.84. The van der Waals surface area contributed by atoms with Crippen molar-refractivity contribution < 1.29 is 9.21 Å². The first-order valence-corrected chi connectivity index (χ1v) is 4.91. The van der Waals surface area contributed by atoms with Gasteiger partial charge >= 0.3 is 0 Å². The maximum Gasteiger partial charge on any atom is 0.185 e. The first kappa shape index (κ1) is 11.0. The molecule has 0 aliphatic rings. The van der Waals surface area contributed by atoms with E-state index < -0.39 is 0 Å². The van der Waals surface area contributed by atoms with E-state index in [9.17, 15) is 4.79 Å². The van der Waals surface area contributed by atoms with Gasteiger partial charge in [0.2, 0.25) is 0 Å². The standard InChI is InChI=1S/C11H17NO2/c1-4-9(2)12(3)7-10-5-6-11(8-13)14-10/h5-6,8-9H,4,7H2,1-3H3. The van der Waals surface area contributed by atoms with Crippen LogP contribution in [0.4, 0.5) is 0 Å². The van der Waals surface area contributed by atoms with Crippen molar-refractivity contribution in [3.8, 4) is 0 Å². The molecule has 0 amide bonds. The quantitative estimate of drug-likeness (QED) is 0.676. The van der Waals surface area contributed by atoms with E-state index in [-0.39, 0.29) is 0 Å². The fraction of sp³-hybridized carbons (Fsp3) is 0.545.